The molecule has 1 amide bonds. The molecule has 5 nitrogen and oxygen atoms in total. The van der Waals surface area contributed by atoms with Crippen LogP contribution < -0.4 is 5.73 Å². The van der Waals surface area contributed by atoms with Gasteiger partial charge in [0, 0.05) is 12.2 Å². The Labute approximate surface area is 142 Å². The molecule has 0 unspecified atom stereocenters. The van der Waals surface area contributed by atoms with E-state index in [4.69, 9.17) is 10.8 Å². The summed E-state index contributed by atoms with van der Waals surface area (Å²) in [5.41, 5.74) is 10.6. The lowest BCUT2D eigenvalue weighted by molar-refractivity contribution is -0.124. The number of fused-ring (bicyclic) bond motifs is 1. The number of amides is 1. The molecule has 1 aromatic heterocycles. The fourth-order valence-electron chi connectivity index (χ4n) is 4.12. The molecule has 2 heterocycles. The third kappa shape index (κ3) is 2.73. The molecule has 5 heteroatoms. The normalized spacial score (nSPS) is 20.9. The van der Waals surface area contributed by atoms with Crippen LogP contribution in [0.25, 0.3) is 5.69 Å². The van der Waals surface area contributed by atoms with Crippen LogP contribution in [0.2, 0.25) is 0 Å². The van der Waals surface area contributed by atoms with Gasteiger partial charge < -0.3 is 5.73 Å². The Bertz CT molecular complexity index is 737. The van der Waals surface area contributed by atoms with Crippen molar-refractivity contribution in [2.75, 3.05) is 6.54 Å². The van der Waals surface area contributed by atoms with E-state index >= 15 is 0 Å². The molecule has 1 atom stereocenters. The second kappa shape index (κ2) is 6.40. The number of nitrogens with zero attached hydrogens (tertiary/aromatic N) is 3. The number of aromatic nitrogens is 2. The molecule has 0 spiro atoms. The lowest BCUT2D eigenvalue weighted by Gasteiger charge is -2.33. The van der Waals surface area contributed by atoms with Crippen molar-refractivity contribution < 1.29 is 4.79 Å². The van der Waals surface area contributed by atoms with Gasteiger partial charge in [0.15, 0.2) is 0 Å². The number of nitrogens with two attached hydrogens (primary N) is 1. The Morgan fingerprint density at radius 3 is 2.79 bits per heavy atom. The molecule has 4 rings (SSSR count). The molecule has 1 aromatic carbocycles. The van der Waals surface area contributed by atoms with Gasteiger partial charge in [0.25, 0.3) is 0 Å². The Morgan fingerprint density at radius 2 is 2.00 bits per heavy atom. The largest absolute Gasteiger partial charge is 0.368 e. The van der Waals surface area contributed by atoms with E-state index in [9.17, 15) is 4.79 Å². The second-order valence-corrected chi connectivity index (χ2v) is 6.86. The van der Waals surface area contributed by atoms with Crippen molar-refractivity contribution in [3.8, 4) is 5.69 Å². The predicted molar refractivity (Wildman–Crippen MR) is 92.8 cm³/mol. The Hall–Kier alpha value is -2.14. The van der Waals surface area contributed by atoms with Crippen molar-refractivity contribution in [3.05, 3.63) is 47.3 Å². The number of carbonyl (C=O) groups excluding carboxylic acids is 1. The molecule has 2 aromatic rings. The molecule has 2 aliphatic rings. The molecule has 0 saturated carbocycles. The zero-order chi connectivity index (χ0) is 16.5. The zero-order valence-electron chi connectivity index (χ0n) is 13.9. The highest BCUT2D eigenvalue weighted by atomic mass is 16.1. The van der Waals surface area contributed by atoms with Crippen molar-refractivity contribution >= 4 is 5.91 Å². The van der Waals surface area contributed by atoms with Crippen LogP contribution in [0.4, 0.5) is 0 Å². The summed E-state index contributed by atoms with van der Waals surface area (Å²) in [7, 11) is 0. The first-order valence-electron chi connectivity index (χ1n) is 8.92. The molecule has 2 N–H and O–H groups in total. The van der Waals surface area contributed by atoms with Gasteiger partial charge in [-0.1, -0.05) is 24.6 Å². The number of rotatable bonds is 4. The van der Waals surface area contributed by atoms with Crippen molar-refractivity contribution in [2.24, 2.45) is 5.73 Å². The summed E-state index contributed by atoms with van der Waals surface area (Å²) >= 11 is 0. The van der Waals surface area contributed by atoms with E-state index in [2.05, 4.69) is 21.7 Å². The number of hydrogen-bond acceptors (Lipinski definition) is 3. The average molecular weight is 324 g/mol. The summed E-state index contributed by atoms with van der Waals surface area (Å²) in [5.74, 6) is -0.200. The molecular formula is C19H24N4O. The molecule has 0 bridgehead atoms. The van der Waals surface area contributed by atoms with Gasteiger partial charge in [-0.05, 0) is 56.3 Å². The monoisotopic (exact) mass is 324 g/mol. The molecule has 1 aliphatic heterocycles. The van der Waals surface area contributed by atoms with E-state index in [1.807, 2.05) is 18.2 Å². The van der Waals surface area contributed by atoms with Crippen LogP contribution in [-0.4, -0.2) is 33.2 Å². The molecular weight excluding hydrogens is 300 g/mol. The summed E-state index contributed by atoms with van der Waals surface area (Å²) in [4.78, 5) is 14.0. The van der Waals surface area contributed by atoms with Gasteiger partial charge in [-0.25, -0.2) is 4.68 Å². The third-order valence-electron chi connectivity index (χ3n) is 5.31. The fourth-order valence-corrected chi connectivity index (χ4v) is 4.12. The standard InChI is InChI=1S/C19H24N4O/c20-19(24)18-10-4-5-12-22(18)13-16-15-9-6-11-17(15)23(21-16)14-7-2-1-3-8-14/h1-3,7-8,18H,4-6,9-13H2,(H2,20,24)/t18-/m0/s1. The van der Waals surface area contributed by atoms with Crippen LogP contribution >= 0.6 is 0 Å². The Balaban J connectivity index is 1.65. The fraction of sp³-hybridized carbons (Fsp3) is 0.474. The van der Waals surface area contributed by atoms with Crippen LogP contribution in [0.15, 0.2) is 30.3 Å². The molecule has 126 valence electrons. The highest BCUT2D eigenvalue weighted by molar-refractivity contribution is 5.79. The predicted octanol–water partition coefficient (Wildman–Crippen LogP) is 2.20. The maximum absolute atomic E-state index is 11.8. The maximum atomic E-state index is 11.8. The topological polar surface area (TPSA) is 64.2 Å². The van der Waals surface area contributed by atoms with E-state index in [1.165, 1.54) is 17.7 Å². The first-order chi connectivity index (χ1) is 11.7. The van der Waals surface area contributed by atoms with Gasteiger partial charge >= 0.3 is 0 Å². The van der Waals surface area contributed by atoms with Crippen LogP contribution in [0, 0.1) is 0 Å². The molecule has 1 fully saturated rings. The van der Waals surface area contributed by atoms with Crippen LogP contribution in [-0.2, 0) is 24.2 Å². The molecule has 0 radical (unpaired) electrons. The lowest BCUT2D eigenvalue weighted by atomic mass is 10.0. The number of hydrogen-bond donors (Lipinski definition) is 1. The molecule has 24 heavy (non-hydrogen) atoms. The highest BCUT2D eigenvalue weighted by Crippen LogP contribution is 2.29. The minimum absolute atomic E-state index is 0.141. The summed E-state index contributed by atoms with van der Waals surface area (Å²) in [6, 6.07) is 10.2. The summed E-state index contributed by atoms with van der Waals surface area (Å²) in [6.45, 7) is 1.66. The van der Waals surface area contributed by atoms with Crippen LogP contribution in [0.3, 0.4) is 0 Å². The molecule has 1 aliphatic carbocycles. The Kier molecular flexibility index (Phi) is 4.10. The quantitative estimate of drug-likeness (QED) is 0.938. The minimum Gasteiger partial charge on any atom is -0.368 e. The number of carbonyl (C=O) groups is 1. The number of benzene rings is 1. The van der Waals surface area contributed by atoms with Gasteiger partial charge in [-0.15, -0.1) is 0 Å². The van der Waals surface area contributed by atoms with E-state index < -0.39 is 0 Å². The highest BCUT2D eigenvalue weighted by Gasteiger charge is 2.30. The van der Waals surface area contributed by atoms with E-state index in [-0.39, 0.29) is 11.9 Å². The number of para-hydroxylation sites is 1. The first kappa shape index (κ1) is 15.4. The smallest absolute Gasteiger partial charge is 0.234 e. The lowest BCUT2D eigenvalue weighted by Crippen LogP contribution is -2.47. The number of likely N-dealkylation sites (tertiary alicyclic amines) is 1. The first-order valence-corrected chi connectivity index (χ1v) is 8.92. The Morgan fingerprint density at radius 1 is 1.17 bits per heavy atom. The summed E-state index contributed by atoms with van der Waals surface area (Å²) in [6.07, 6.45) is 6.44. The third-order valence-corrected chi connectivity index (χ3v) is 5.31. The van der Waals surface area contributed by atoms with Crippen LogP contribution in [0.1, 0.15) is 42.6 Å². The van der Waals surface area contributed by atoms with E-state index in [0.29, 0.717) is 0 Å². The van der Waals surface area contributed by atoms with Gasteiger partial charge in [0.2, 0.25) is 5.91 Å². The second-order valence-electron chi connectivity index (χ2n) is 6.86. The van der Waals surface area contributed by atoms with Gasteiger partial charge in [-0.2, -0.15) is 5.10 Å². The minimum atomic E-state index is -0.200. The molecule has 1 saturated heterocycles. The van der Waals surface area contributed by atoms with Crippen molar-refractivity contribution in [2.45, 2.75) is 51.1 Å². The van der Waals surface area contributed by atoms with Gasteiger partial charge in [-0.3, -0.25) is 9.69 Å². The van der Waals surface area contributed by atoms with E-state index in [0.717, 1.165) is 56.6 Å². The average Bonchev–Trinajstić information content (AvgIpc) is 3.20. The van der Waals surface area contributed by atoms with Gasteiger partial charge in [0.1, 0.15) is 0 Å². The summed E-state index contributed by atoms with van der Waals surface area (Å²) < 4.78 is 2.10. The van der Waals surface area contributed by atoms with Gasteiger partial charge in [0.05, 0.1) is 17.4 Å². The number of primary amides is 1. The number of piperidine rings is 1. The van der Waals surface area contributed by atoms with Crippen molar-refractivity contribution in [3.63, 3.8) is 0 Å². The SMILES string of the molecule is NC(=O)[C@@H]1CCCCN1Cc1nn(-c2ccccc2)c2c1CCC2. The zero-order valence-corrected chi connectivity index (χ0v) is 13.9. The van der Waals surface area contributed by atoms with E-state index in [1.54, 1.807) is 0 Å². The van der Waals surface area contributed by atoms with Crippen molar-refractivity contribution in [1.82, 2.24) is 14.7 Å². The van der Waals surface area contributed by atoms with Crippen molar-refractivity contribution in [1.29, 1.82) is 0 Å². The maximum Gasteiger partial charge on any atom is 0.234 e. The van der Waals surface area contributed by atoms with Crippen LogP contribution in [0.5, 0.6) is 0 Å². The summed E-state index contributed by atoms with van der Waals surface area (Å²) in [5, 5.41) is 4.91.